The van der Waals surface area contributed by atoms with Crippen LogP contribution in [0.2, 0.25) is 0 Å². The molecule has 2 amide bonds. The van der Waals surface area contributed by atoms with Gasteiger partial charge in [-0.2, -0.15) is 0 Å². The van der Waals surface area contributed by atoms with Crippen LogP contribution in [0.4, 0.5) is 4.79 Å². The van der Waals surface area contributed by atoms with Crippen LogP contribution in [0.3, 0.4) is 0 Å². The molecule has 0 heterocycles. The third kappa shape index (κ3) is 4.47. The van der Waals surface area contributed by atoms with E-state index in [1.54, 1.807) is 6.92 Å². The number of nitrogens with zero attached hydrogens (tertiary/aromatic N) is 1. The Morgan fingerprint density at radius 1 is 1.09 bits per heavy atom. The van der Waals surface area contributed by atoms with Crippen molar-refractivity contribution in [1.29, 1.82) is 0 Å². The third-order valence-corrected chi connectivity index (χ3v) is 6.20. The lowest BCUT2D eigenvalue weighted by atomic mass is 9.94. The molecule has 2 aromatic carbocycles. The molecule has 0 radical (unpaired) electrons. The number of hydrogen-bond acceptors (Lipinski definition) is 4. The van der Waals surface area contributed by atoms with E-state index in [2.05, 4.69) is 17.4 Å². The Hall–Kier alpha value is -3.35. The first-order valence-electron chi connectivity index (χ1n) is 10.8. The number of ether oxygens (including phenoxy) is 1. The van der Waals surface area contributed by atoms with Crippen LogP contribution in [0.1, 0.15) is 50.7 Å². The van der Waals surface area contributed by atoms with Crippen LogP contribution in [-0.2, 0) is 14.3 Å². The molecule has 32 heavy (non-hydrogen) atoms. The lowest BCUT2D eigenvalue weighted by Crippen LogP contribution is -2.59. The molecule has 1 aliphatic rings. The Labute approximate surface area is 188 Å². The monoisotopic (exact) mass is 438 g/mol. The van der Waals surface area contributed by atoms with E-state index in [-0.39, 0.29) is 12.5 Å². The summed E-state index contributed by atoms with van der Waals surface area (Å²) in [6.07, 6.45) is 0.279. The van der Waals surface area contributed by atoms with Crippen molar-refractivity contribution in [2.45, 2.75) is 51.1 Å². The number of amides is 2. The topological polar surface area (TPSA) is 95.9 Å². The molecule has 3 rings (SSSR count). The van der Waals surface area contributed by atoms with Gasteiger partial charge in [0.15, 0.2) is 0 Å². The van der Waals surface area contributed by atoms with Crippen molar-refractivity contribution in [3.63, 3.8) is 0 Å². The summed E-state index contributed by atoms with van der Waals surface area (Å²) in [7, 11) is 1.43. The first-order valence-corrected chi connectivity index (χ1v) is 10.8. The van der Waals surface area contributed by atoms with E-state index in [1.807, 2.05) is 43.3 Å². The van der Waals surface area contributed by atoms with Crippen molar-refractivity contribution < 1.29 is 24.2 Å². The highest BCUT2D eigenvalue weighted by Crippen LogP contribution is 2.44. The van der Waals surface area contributed by atoms with Crippen molar-refractivity contribution in [3.8, 4) is 11.1 Å². The highest BCUT2D eigenvalue weighted by atomic mass is 16.5. The second-order valence-corrected chi connectivity index (χ2v) is 8.46. The van der Waals surface area contributed by atoms with E-state index >= 15 is 0 Å². The molecule has 2 aromatic rings. The summed E-state index contributed by atoms with van der Waals surface area (Å²) >= 11 is 0. The molecule has 1 unspecified atom stereocenters. The van der Waals surface area contributed by atoms with Gasteiger partial charge in [0.2, 0.25) is 5.91 Å². The molecule has 0 saturated carbocycles. The fraction of sp³-hybridized carbons (Fsp3) is 0.400. The van der Waals surface area contributed by atoms with Crippen LogP contribution < -0.4 is 5.32 Å². The average Bonchev–Trinajstić information content (AvgIpc) is 3.10. The zero-order valence-electron chi connectivity index (χ0n) is 18.9. The Kier molecular flexibility index (Phi) is 6.87. The summed E-state index contributed by atoms with van der Waals surface area (Å²) in [5, 5.41) is 11.9. The van der Waals surface area contributed by atoms with Gasteiger partial charge in [0.05, 0.1) is 0 Å². The summed E-state index contributed by atoms with van der Waals surface area (Å²) in [4.78, 5) is 38.2. The van der Waals surface area contributed by atoms with Crippen molar-refractivity contribution >= 4 is 18.0 Å². The number of aliphatic carboxylic acids is 1. The molecule has 1 aliphatic carbocycles. The second kappa shape index (κ2) is 9.42. The molecule has 0 bridgehead atoms. The predicted octanol–water partition coefficient (Wildman–Crippen LogP) is 4.02. The fourth-order valence-electron chi connectivity index (χ4n) is 4.31. The Balaban J connectivity index is 1.73. The van der Waals surface area contributed by atoms with Crippen molar-refractivity contribution in [2.24, 2.45) is 0 Å². The number of likely N-dealkylation sites (N-methyl/N-ethyl adjacent to an activating group) is 1. The SMILES string of the molecule is CCCC(C)(NC(=O)OCC1c2ccccc2-c2ccccc21)C(=O)N(C)[C@@H](C)C(=O)O. The van der Waals surface area contributed by atoms with Gasteiger partial charge in [-0.25, -0.2) is 9.59 Å². The largest absolute Gasteiger partial charge is 0.480 e. The van der Waals surface area contributed by atoms with Crippen LogP contribution in [0.25, 0.3) is 11.1 Å². The second-order valence-electron chi connectivity index (χ2n) is 8.46. The van der Waals surface area contributed by atoms with E-state index in [4.69, 9.17) is 4.74 Å². The lowest BCUT2D eigenvalue weighted by Gasteiger charge is -2.34. The zero-order valence-corrected chi connectivity index (χ0v) is 18.9. The van der Waals surface area contributed by atoms with Crippen LogP contribution in [0.5, 0.6) is 0 Å². The molecule has 0 spiro atoms. The van der Waals surface area contributed by atoms with Gasteiger partial charge in [0.1, 0.15) is 18.2 Å². The number of hydrogen-bond donors (Lipinski definition) is 2. The van der Waals surface area contributed by atoms with Crippen LogP contribution in [0, 0.1) is 0 Å². The van der Waals surface area contributed by atoms with Gasteiger partial charge in [0, 0.05) is 13.0 Å². The zero-order chi connectivity index (χ0) is 23.5. The third-order valence-electron chi connectivity index (χ3n) is 6.20. The molecule has 2 N–H and O–H groups in total. The van der Waals surface area contributed by atoms with Gasteiger partial charge in [-0.15, -0.1) is 0 Å². The molecule has 0 aliphatic heterocycles. The highest BCUT2D eigenvalue weighted by Gasteiger charge is 2.39. The molecular weight excluding hydrogens is 408 g/mol. The normalized spacial score (nSPS) is 15.1. The molecule has 2 atom stereocenters. The first-order chi connectivity index (χ1) is 15.2. The molecular formula is C25H30N2O5. The van der Waals surface area contributed by atoms with Crippen LogP contribution >= 0.6 is 0 Å². The van der Waals surface area contributed by atoms with E-state index in [0.717, 1.165) is 27.2 Å². The molecule has 0 saturated heterocycles. The van der Waals surface area contributed by atoms with Gasteiger partial charge in [0.25, 0.3) is 0 Å². The number of nitrogens with one attached hydrogen (secondary N) is 1. The molecule has 170 valence electrons. The number of carboxylic acids is 1. The van der Waals surface area contributed by atoms with E-state index in [1.165, 1.54) is 14.0 Å². The highest BCUT2D eigenvalue weighted by molar-refractivity contribution is 5.92. The standard InChI is InChI=1S/C25H30N2O5/c1-5-14-25(3,23(30)27(4)16(2)22(28)29)26-24(31)32-15-21-19-12-8-6-10-17(19)18-11-7-9-13-20(18)21/h6-13,16,21H,5,14-15H2,1-4H3,(H,26,31)(H,28,29)/t16-,25?/m0/s1. The van der Waals surface area contributed by atoms with Gasteiger partial charge >= 0.3 is 12.1 Å². The minimum Gasteiger partial charge on any atom is -0.480 e. The number of carbonyl (C=O) groups excluding carboxylic acids is 2. The summed E-state index contributed by atoms with van der Waals surface area (Å²) in [6, 6.07) is 15.1. The summed E-state index contributed by atoms with van der Waals surface area (Å²) in [6.45, 7) is 5.06. The Bertz CT molecular complexity index is 975. The van der Waals surface area contributed by atoms with Crippen LogP contribution in [0.15, 0.2) is 48.5 Å². The average molecular weight is 439 g/mol. The van der Waals surface area contributed by atoms with E-state index in [0.29, 0.717) is 12.8 Å². The number of carboxylic acid groups (broad SMARTS) is 1. The smallest absolute Gasteiger partial charge is 0.408 e. The van der Waals surface area contributed by atoms with E-state index < -0.39 is 29.6 Å². The van der Waals surface area contributed by atoms with Crippen molar-refractivity contribution in [1.82, 2.24) is 10.2 Å². The summed E-state index contributed by atoms with van der Waals surface area (Å²) < 4.78 is 5.58. The number of rotatable bonds is 8. The Morgan fingerprint density at radius 3 is 2.12 bits per heavy atom. The summed E-state index contributed by atoms with van der Waals surface area (Å²) in [5.41, 5.74) is 3.20. The molecule has 7 heteroatoms. The van der Waals surface area contributed by atoms with Gasteiger partial charge in [-0.05, 0) is 42.5 Å². The maximum atomic E-state index is 13.0. The van der Waals surface area contributed by atoms with Crippen molar-refractivity contribution in [3.05, 3.63) is 59.7 Å². The number of alkyl carbamates (subject to hydrolysis) is 1. The summed E-state index contributed by atoms with van der Waals surface area (Å²) in [5.74, 6) is -1.67. The number of carbonyl (C=O) groups is 3. The minimum absolute atomic E-state index is 0.0870. The minimum atomic E-state index is -1.27. The lowest BCUT2D eigenvalue weighted by molar-refractivity contribution is -0.150. The predicted molar refractivity (Wildman–Crippen MR) is 121 cm³/mol. The number of fused-ring (bicyclic) bond motifs is 3. The number of benzene rings is 2. The molecule has 7 nitrogen and oxygen atoms in total. The quantitative estimate of drug-likeness (QED) is 0.649. The maximum absolute atomic E-state index is 13.0. The van der Waals surface area contributed by atoms with Crippen molar-refractivity contribution in [2.75, 3.05) is 13.7 Å². The molecule has 0 fully saturated rings. The molecule has 0 aromatic heterocycles. The fourth-order valence-corrected chi connectivity index (χ4v) is 4.31. The Morgan fingerprint density at radius 2 is 1.62 bits per heavy atom. The van der Waals surface area contributed by atoms with E-state index in [9.17, 15) is 19.5 Å². The first kappa shape index (κ1) is 23.3. The van der Waals surface area contributed by atoms with Gasteiger partial charge in [-0.3, -0.25) is 4.79 Å². The maximum Gasteiger partial charge on any atom is 0.408 e. The van der Waals surface area contributed by atoms with Gasteiger partial charge < -0.3 is 20.1 Å². The van der Waals surface area contributed by atoms with Crippen LogP contribution in [-0.4, -0.2) is 53.2 Å². The van der Waals surface area contributed by atoms with Gasteiger partial charge in [-0.1, -0.05) is 61.9 Å².